The monoisotopic (exact) mass is 482 g/mol. The Morgan fingerprint density at radius 2 is 1.79 bits per heavy atom. The van der Waals surface area contributed by atoms with Crippen molar-refractivity contribution in [2.45, 2.75) is 23.1 Å². The lowest BCUT2D eigenvalue weighted by Crippen LogP contribution is -2.50. The fraction of sp³-hybridized carbons (Fsp3) is 0.292. The third-order valence-electron chi connectivity index (χ3n) is 6.27. The van der Waals surface area contributed by atoms with Gasteiger partial charge >= 0.3 is 0 Å². The predicted octanol–water partition coefficient (Wildman–Crippen LogP) is 2.89. The number of hydrogen-bond acceptors (Lipinski definition) is 6. The van der Waals surface area contributed by atoms with Crippen LogP contribution in [0, 0.1) is 0 Å². The summed E-state index contributed by atoms with van der Waals surface area (Å²) in [5.41, 5.74) is 3.08. The first-order chi connectivity index (χ1) is 15.9. The number of rotatable bonds is 3. The maximum absolute atomic E-state index is 13.2. The van der Waals surface area contributed by atoms with Crippen LogP contribution in [0.15, 0.2) is 66.0 Å². The van der Waals surface area contributed by atoms with Gasteiger partial charge in [0.15, 0.2) is 9.84 Å². The Balaban J connectivity index is 1.43. The molecule has 0 bridgehead atoms. The van der Waals surface area contributed by atoms with Crippen LogP contribution in [0.5, 0.6) is 0 Å². The molecule has 1 unspecified atom stereocenters. The molecule has 33 heavy (non-hydrogen) atoms. The standard InChI is InChI=1S/C24H23ClN4O3S/c25-19-3-4-20-21(15-19)33(31,32)16-18-2-1-7-27-23(18)24(20)29-12-10-28(11-13-29)22(30)14-17-5-8-26-9-6-17/h1-9,15,24H,10-14,16H2. The van der Waals surface area contributed by atoms with E-state index in [1.165, 1.54) is 0 Å². The minimum absolute atomic E-state index is 0.0787. The lowest BCUT2D eigenvalue weighted by Gasteiger charge is -2.39. The van der Waals surface area contributed by atoms with Crippen LogP contribution in [-0.4, -0.2) is 60.3 Å². The Labute approximate surface area is 198 Å². The first-order valence-electron chi connectivity index (χ1n) is 10.8. The number of benzene rings is 1. The maximum Gasteiger partial charge on any atom is 0.227 e. The van der Waals surface area contributed by atoms with E-state index in [4.69, 9.17) is 11.6 Å². The topological polar surface area (TPSA) is 83.5 Å². The largest absolute Gasteiger partial charge is 0.340 e. The number of aromatic nitrogens is 2. The number of carbonyl (C=O) groups is 1. The molecule has 1 fully saturated rings. The molecule has 1 saturated heterocycles. The van der Waals surface area contributed by atoms with Gasteiger partial charge in [-0.3, -0.25) is 19.7 Å². The van der Waals surface area contributed by atoms with E-state index in [2.05, 4.69) is 14.9 Å². The fourth-order valence-corrected chi connectivity index (χ4v) is 6.53. The van der Waals surface area contributed by atoms with Gasteiger partial charge in [-0.2, -0.15) is 0 Å². The van der Waals surface area contributed by atoms with Gasteiger partial charge in [0.05, 0.1) is 28.8 Å². The zero-order valence-electron chi connectivity index (χ0n) is 17.9. The summed E-state index contributed by atoms with van der Waals surface area (Å²) in [6, 6.07) is 12.0. The molecular weight excluding hydrogens is 460 g/mol. The van der Waals surface area contributed by atoms with Crippen LogP contribution in [-0.2, 0) is 26.8 Å². The van der Waals surface area contributed by atoms with Gasteiger partial charge in [0.25, 0.3) is 0 Å². The summed E-state index contributed by atoms with van der Waals surface area (Å²) < 4.78 is 26.4. The van der Waals surface area contributed by atoms with Crippen LogP contribution in [0.1, 0.15) is 28.4 Å². The number of hydrogen-bond donors (Lipinski definition) is 0. The van der Waals surface area contributed by atoms with E-state index in [1.807, 2.05) is 23.1 Å². The molecule has 2 aliphatic heterocycles. The van der Waals surface area contributed by atoms with E-state index < -0.39 is 9.84 Å². The second kappa shape index (κ2) is 8.85. The van der Waals surface area contributed by atoms with E-state index in [0.717, 1.165) is 11.3 Å². The van der Waals surface area contributed by atoms with Crippen molar-refractivity contribution in [1.82, 2.24) is 19.8 Å². The highest BCUT2D eigenvalue weighted by atomic mass is 35.5. The van der Waals surface area contributed by atoms with Gasteiger partial charge in [-0.25, -0.2) is 8.42 Å². The van der Waals surface area contributed by atoms with Crippen LogP contribution in [0.25, 0.3) is 0 Å². The molecule has 1 aromatic carbocycles. The van der Waals surface area contributed by atoms with Gasteiger partial charge in [0.1, 0.15) is 0 Å². The first kappa shape index (κ1) is 22.0. The van der Waals surface area contributed by atoms with Crippen molar-refractivity contribution in [2.75, 3.05) is 26.2 Å². The third kappa shape index (κ3) is 4.38. The molecule has 0 spiro atoms. The number of piperazine rings is 1. The molecule has 9 heteroatoms. The summed E-state index contributed by atoms with van der Waals surface area (Å²) in [6.07, 6.45) is 5.42. The van der Waals surface area contributed by atoms with Gasteiger partial charge < -0.3 is 4.90 Å². The summed E-state index contributed by atoms with van der Waals surface area (Å²) >= 11 is 6.18. The highest BCUT2D eigenvalue weighted by Crippen LogP contribution is 2.40. The second-order valence-electron chi connectivity index (χ2n) is 8.34. The summed E-state index contributed by atoms with van der Waals surface area (Å²) in [4.78, 5) is 25.8. The van der Waals surface area contributed by atoms with E-state index in [9.17, 15) is 13.2 Å². The average molecular weight is 483 g/mol. The van der Waals surface area contributed by atoms with Crippen LogP contribution in [0.2, 0.25) is 5.02 Å². The van der Waals surface area contributed by atoms with Gasteiger partial charge in [-0.1, -0.05) is 23.7 Å². The molecule has 2 aliphatic rings. The molecule has 4 heterocycles. The number of carbonyl (C=O) groups excluding carboxylic acids is 1. The molecule has 7 nitrogen and oxygen atoms in total. The molecule has 5 rings (SSSR count). The third-order valence-corrected chi connectivity index (χ3v) is 8.22. The highest BCUT2D eigenvalue weighted by Gasteiger charge is 2.37. The lowest BCUT2D eigenvalue weighted by atomic mass is 9.97. The molecule has 0 radical (unpaired) electrons. The predicted molar refractivity (Wildman–Crippen MR) is 125 cm³/mol. The van der Waals surface area contributed by atoms with Gasteiger partial charge in [0.2, 0.25) is 5.91 Å². The van der Waals surface area contributed by atoms with Crippen LogP contribution >= 0.6 is 11.6 Å². The summed E-state index contributed by atoms with van der Waals surface area (Å²) in [5, 5.41) is 0.390. The van der Waals surface area contributed by atoms with Gasteiger partial charge in [-0.05, 0) is 47.0 Å². The number of halogens is 1. The first-order valence-corrected chi connectivity index (χ1v) is 12.8. The van der Waals surface area contributed by atoms with Crippen molar-refractivity contribution in [1.29, 1.82) is 0 Å². The van der Waals surface area contributed by atoms with Crippen molar-refractivity contribution in [3.63, 3.8) is 0 Å². The summed E-state index contributed by atoms with van der Waals surface area (Å²) in [5.74, 6) is -0.0280. The quantitative estimate of drug-likeness (QED) is 0.570. The second-order valence-corrected chi connectivity index (χ2v) is 10.7. The average Bonchev–Trinajstić information content (AvgIpc) is 2.91. The zero-order valence-corrected chi connectivity index (χ0v) is 19.5. The number of pyridine rings is 2. The SMILES string of the molecule is O=C(Cc1ccncc1)N1CCN(C2c3ccc(Cl)cc3S(=O)(=O)Cc3cccnc32)CC1. The zero-order chi connectivity index (χ0) is 23.0. The Morgan fingerprint density at radius 3 is 2.55 bits per heavy atom. The van der Waals surface area contributed by atoms with Gasteiger partial charge in [-0.15, -0.1) is 0 Å². The number of fused-ring (bicyclic) bond motifs is 2. The molecule has 170 valence electrons. The molecule has 1 amide bonds. The minimum atomic E-state index is -3.57. The summed E-state index contributed by atoms with van der Waals surface area (Å²) in [7, 11) is -3.57. The van der Waals surface area contributed by atoms with Gasteiger partial charge in [0, 0.05) is 49.8 Å². The Morgan fingerprint density at radius 1 is 1.03 bits per heavy atom. The van der Waals surface area contributed by atoms with Crippen molar-refractivity contribution in [3.05, 3.63) is 88.5 Å². The molecule has 3 aromatic rings. The molecule has 0 saturated carbocycles. The Hall–Kier alpha value is -2.81. The molecule has 0 aliphatic carbocycles. The Kier molecular flexibility index (Phi) is 5.90. The molecule has 2 aromatic heterocycles. The van der Waals surface area contributed by atoms with E-state index >= 15 is 0 Å². The maximum atomic E-state index is 13.2. The normalized spacial score (nSPS) is 19.9. The molecule has 0 N–H and O–H groups in total. The number of nitrogens with zero attached hydrogens (tertiary/aromatic N) is 4. The Bertz CT molecular complexity index is 1290. The van der Waals surface area contributed by atoms with Crippen molar-refractivity contribution < 1.29 is 13.2 Å². The summed E-state index contributed by atoms with van der Waals surface area (Å²) in [6.45, 7) is 2.37. The van der Waals surface area contributed by atoms with Crippen molar-refractivity contribution in [3.8, 4) is 0 Å². The van der Waals surface area contributed by atoms with E-state index in [1.54, 1.807) is 42.9 Å². The van der Waals surface area contributed by atoms with E-state index in [0.29, 0.717) is 48.7 Å². The molecule has 1 atom stereocenters. The van der Waals surface area contributed by atoms with Crippen molar-refractivity contribution >= 4 is 27.3 Å². The smallest absolute Gasteiger partial charge is 0.227 e. The van der Waals surface area contributed by atoms with E-state index in [-0.39, 0.29) is 22.6 Å². The minimum Gasteiger partial charge on any atom is -0.340 e. The van der Waals surface area contributed by atoms with Crippen LogP contribution in [0.3, 0.4) is 0 Å². The highest BCUT2D eigenvalue weighted by molar-refractivity contribution is 7.90. The number of sulfone groups is 1. The van der Waals surface area contributed by atoms with Crippen LogP contribution in [0.4, 0.5) is 0 Å². The molecular formula is C24H23ClN4O3S. The van der Waals surface area contributed by atoms with Crippen LogP contribution < -0.4 is 0 Å². The lowest BCUT2D eigenvalue weighted by molar-refractivity contribution is -0.132. The number of amides is 1. The van der Waals surface area contributed by atoms with Crippen molar-refractivity contribution in [2.24, 2.45) is 0 Å². The fourth-order valence-electron chi connectivity index (χ4n) is 4.64.